The third-order valence-electron chi connectivity index (χ3n) is 3.33. The van der Waals surface area contributed by atoms with E-state index in [1.54, 1.807) is 44.6 Å². The lowest BCUT2D eigenvalue weighted by Gasteiger charge is -2.15. The maximum Gasteiger partial charge on any atom is 0.240 e. The molecule has 7 heteroatoms. The second-order valence-electron chi connectivity index (χ2n) is 4.76. The quantitative estimate of drug-likeness (QED) is 0.841. The van der Waals surface area contributed by atoms with Crippen LogP contribution >= 0.6 is 11.3 Å². The minimum absolute atomic E-state index is 0.181. The van der Waals surface area contributed by atoms with Crippen molar-refractivity contribution in [3.8, 4) is 5.75 Å². The lowest BCUT2D eigenvalue weighted by Crippen LogP contribution is -2.29. The lowest BCUT2D eigenvalue weighted by atomic mass is 10.2. The van der Waals surface area contributed by atoms with Crippen molar-refractivity contribution in [3.63, 3.8) is 0 Å². The van der Waals surface area contributed by atoms with Crippen molar-refractivity contribution in [2.24, 2.45) is 0 Å². The molecule has 1 aromatic heterocycles. The summed E-state index contributed by atoms with van der Waals surface area (Å²) in [7, 11) is -0.468. The number of sulfonamides is 1. The predicted octanol–water partition coefficient (Wildman–Crippen LogP) is 2.73. The fourth-order valence-corrected chi connectivity index (χ4v) is 3.90. The first-order valence-electron chi connectivity index (χ1n) is 6.67. The van der Waals surface area contributed by atoms with E-state index in [9.17, 15) is 8.42 Å². The summed E-state index contributed by atoms with van der Waals surface area (Å²) in [5.41, 5.74) is 1.73. The second-order valence-corrected chi connectivity index (χ2v) is 7.31. The predicted molar refractivity (Wildman–Crippen MR) is 87.0 cm³/mol. The summed E-state index contributed by atoms with van der Waals surface area (Å²) in [4.78, 5) is 0.214. The Morgan fingerprint density at radius 3 is 2.59 bits per heavy atom. The molecule has 1 N–H and O–H groups in total. The molecular weight excluding hydrogens is 322 g/mol. The number of hydrogen-bond donors (Lipinski definition) is 1. The van der Waals surface area contributed by atoms with Crippen LogP contribution in [0.15, 0.2) is 39.9 Å². The maximum atomic E-state index is 12.4. The summed E-state index contributed by atoms with van der Waals surface area (Å²) >= 11 is 1.55. The van der Waals surface area contributed by atoms with Gasteiger partial charge in [0.15, 0.2) is 0 Å². The van der Waals surface area contributed by atoms with Gasteiger partial charge in [-0.25, -0.2) is 13.1 Å². The molecule has 0 amide bonds. The highest BCUT2D eigenvalue weighted by atomic mass is 32.2. The summed E-state index contributed by atoms with van der Waals surface area (Å²) in [5.74, 6) is 0.659. The maximum absolute atomic E-state index is 12.4. The Hall–Kier alpha value is -1.41. The summed E-state index contributed by atoms with van der Waals surface area (Å²) < 4.78 is 37.8. The van der Waals surface area contributed by atoms with E-state index in [0.717, 1.165) is 11.1 Å². The largest absolute Gasteiger partial charge is 0.496 e. The van der Waals surface area contributed by atoms with Crippen LogP contribution in [0.4, 0.5) is 0 Å². The molecule has 5 nitrogen and oxygen atoms in total. The van der Waals surface area contributed by atoms with Crippen LogP contribution in [0.1, 0.15) is 17.2 Å². The zero-order chi connectivity index (χ0) is 16.2. The van der Waals surface area contributed by atoms with Crippen LogP contribution in [0.25, 0.3) is 0 Å². The molecule has 1 atom stereocenters. The molecule has 22 heavy (non-hydrogen) atoms. The number of methoxy groups -OCH3 is 2. The van der Waals surface area contributed by atoms with Crippen LogP contribution in [-0.4, -0.2) is 29.2 Å². The number of thiophene rings is 1. The molecule has 0 fully saturated rings. The van der Waals surface area contributed by atoms with Gasteiger partial charge in [0.05, 0.1) is 18.1 Å². The minimum atomic E-state index is -3.59. The number of nitrogens with one attached hydrogen (secondary N) is 1. The van der Waals surface area contributed by atoms with Crippen molar-refractivity contribution in [2.75, 3.05) is 20.8 Å². The van der Waals surface area contributed by atoms with Crippen molar-refractivity contribution >= 4 is 21.4 Å². The van der Waals surface area contributed by atoms with E-state index in [1.807, 2.05) is 16.8 Å². The van der Waals surface area contributed by atoms with Gasteiger partial charge in [-0.3, -0.25) is 0 Å². The zero-order valence-corrected chi connectivity index (χ0v) is 14.3. The van der Waals surface area contributed by atoms with E-state index >= 15 is 0 Å². The lowest BCUT2D eigenvalue weighted by molar-refractivity contribution is 0.107. The number of aryl methyl sites for hydroxylation is 1. The van der Waals surface area contributed by atoms with Crippen LogP contribution in [0.5, 0.6) is 5.75 Å². The van der Waals surface area contributed by atoms with Gasteiger partial charge >= 0.3 is 0 Å². The summed E-state index contributed by atoms with van der Waals surface area (Å²) in [6.07, 6.45) is -0.305. The fourth-order valence-electron chi connectivity index (χ4n) is 2.08. The number of benzene rings is 1. The molecule has 1 heterocycles. The van der Waals surface area contributed by atoms with Gasteiger partial charge in [0.25, 0.3) is 0 Å². The van der Waals surface area contributed by atoms with E-state index in [0.29, 0.717) is 5.75 Å². The van der Waals surface area contributed by atoms with E-state index in [2.05, 4.69) is 4.72 Å². The average Bonchev–Trinajstić information content (AvgIpc) is 3.02. The molecule has 0 radical (unpaired) electrons. The van der Waals surface area contributed by atoms with Crippen molar-refractivity contribution in [1.82, 2.24) is 4.72 Å². The Balaban J connectivity index is 2.12. The highest BCUT2D eigenvalue weighted by molar-refractivity contribution is 7.89. The number of hydrogen-bond acceptors (Lipinski definition) is 5. The molecule has 0 saturated carbocycles. The molecule has 2 rings (SSSR count). The molecule has 0 aliphatic rings. The van der Waals surface area contributed by atoms with Crippen LogP contribution in [-0.2, 0) is 14.8 Å². The Kier molecular flexibility index (Phi) is 5.57. The van der Waals surface area contributed by atoms with Crippen LogP contribution in [0.3, 0.4) is 0 Å². The molecule has 0 bridgehead atoms. The third kappa shape index (κ3) is 3.86. The number of rotatable bonds is 7. The number of ether oxygens (including phenoxy) is 2. The van der Waals surface area contributed by atoms with Gasteiger partial charge < -0.3 is 9.47 Å². The van der Waals surface area contributed by atoms with Gasteiger partial charge in [-0.2, -0.15) is 11.3 Å². The van der Waals surface area contributed by atoms with E-state index < -0.39 is 10.0 Å². The summed E-state index contributed by atoms with van der Waals surface area (Å²) in [6.45, 7) is 1.99. The van der Waals surface area contributed by atoms with Gasteiger partial charge in [0.2, 0.25) is 10.0 Å². The van der Waals surface area contributed by atoms with Crippen LogP contribution in [0.2, 0.25) is 0 Å². The molecule has 0 aliphatic carbocycles. The van der Waals surface area contributed by atoms with E-state index in [1.165, 1.54) is 6.07 Å². The first kappa shape index (κ1) is 17.0. The van der Waals surface area contributed by atoms with Gasteiger partial charge in [0, 0.05) is 13.7 Å². The smallest absolute Gasteiger partial charge is 0.240 e. The Labute approximate surface area is 134 Å². The molecule has 1 unspecified atom stereocenters. The Morgan fingerprint density at radius 2 is 2.05 bits per heavy atom. The standard InChI is InChI=1S/C15H19NO4S2/c1-11-8-13(4-5-14(11)19-2)22(17,18)16-9-15(20-3)12-6-7-21-10-12/h4-8,10,15-16H,9H2,1-3H3. The Morgan fingerprint density at radius 1 is 1.27 bits per heavy atom. The molecule has 1 aromatic carbocycles. The third-order valence-corrected chi connectivity index (χ3v) is 5.46. The van der Waals surface area contributed by atoms with E-state index in [-0.39, 0.29) is 17.5 Å². The fraction of sp³-hybridized carbons (Fsp3) is 0.333. The first-order chi connectivity index (χ1) is 10.5. The molecule has 0 saturated heterocycles. The topological polar surface area (TPSA) is 64.6 Å². The van der Waals surface area contributed by atoms with Crippen molar-refractivity contribution in [1.29, 1.82) is 0 Å². The van der Waals surface area contributed by atoms with Gasteiger partial charge in [-0.15, -0.1) is 0 Å². The molecular formula is C15H19NO4S2. The first-order valence-corrected chi connectivity index (χ1v) is 9.09. The summed E-state index contributed by atoms with van der Waals surface area (Å²) in [5, 5.41) is 3.88. The van der Waals surface area contributed by atoms with E-state index in [4.69, 9.17) is 9.47 Å². The highest BCUT2D eigenvalue weighted by Crippen LogP contribution is 2.22. The Bertz CT molecular complexity index is 711. The van der Waals surface area contributed by atoms with Crippen molar-refractivity contribution in [3.05, 3.63) is 46.2 Å². The molecule has 0 spiro atoms. The van der Waals surface area contributed by atoms with Crippen molar-refractivity contribution in [2.45, 2.75) is 17.9 Å². The normalized spacial score (nSPS) is 13.0. The summed E-state index contributed by atoms with van der Waals surface area (Å²) in [6, 6.07) is 6.69. The van der Waals surface area contributed by atoms with Crippen LogP contribution in [0, 0.1) is 6.92 Å². The van der Waals surface area contributed by atoms with Gasteiger partial charge in [0.1, 0.15) is 5.75 Å². The van der Waals surface area contributed by atoms with Crippen molar-refractivity contribution < 1.29 is 17.9 Å². The molecule has 2 aromatic rings. The highest BCUT2D eigenvalue weighted by Gasteiger charge is 2.19. The molecule has 0 aliphatic heterocycles. The molecule has 120 valence electrons. The SMILES string of the molecule is COc1ccc(S(=O)(=O)NCC(OC)c2ccsc2)cc1C. The second kappa shape index (κ2) is 7.23. The average molecular weight is 341 g/mol. The minimum Gasteiger partial charge on any atom is -0.496 e. The van der Waals surface area contributed by atoms with Gasteiger partial charge in [-0.05, 0) is 53.1 Å². The zero-order valence-electron chi connectivity index (χ0n) is 12.7. The monoisotopic (exact) mass is 341 g/mol. The van der Waals surface area contributed by atoms with Gasteiger partial charge in [-0.1, -0.05) is 0 Å². The van der Waals surface area contributed by atoms with Crippen LogP contribution < -0.4 is 9.46 Å².